The molecule has 138 valence electrons. The number of hydrogen-bond acceptors (Lipinski definition) is 4. The molecule has 5 heteroatoms. The molecule has 2 unspecified atom stereocenters. The number of carbonyl (C=O) groups is 2. The van der Waals surface area contributed by atoms with Gasteiger partial charge in [0, 0.05) is 24.0 Å². The molecule has 2 rings (SSSR count). The monoisotopic (exact) mass is 338 g/mol. The quantitative estimate of drug-likeness (QED) is 0.804. The highest BCUT2D eigenvalue weighted by Crippen LogP contribution is 2.39. The van der Waals surface area contributed by atoms with Crippen LogP contribution in [0.15, 0.2) is 0 Å². The number of carbonyl (C=O) groups excluding carboxylic acids is 2. The third-order valence-electron chi connectivity index (χ3n) is 5.56. The molecule has 0 aromatic carbocycles. The van der Waals surface area contributed by atoms with Gasteiger partial charge in [0.2, 0.25) is 5.91 Å². The molecule has 24 heavy (non-hydrogen) atoms. The van der Waals surface area contributed by atoms with Crippen LogP contribution in [0.25, 0.3) is 0 Å². The molecular weight excluding hydrogens is 304 g/mol. The summed E-state index contributed by atoms with van der Waals surface area (Å²) in [6, 6.07) is 0.0651. The molecule has 5 nitrogen and oxygen atoms in total. The second-order valence-corrected chi connectivity index (χ2v) is 9.23. The van der Waals surface area contributed by atoms with Gasteiger partial charge in [0.1, 0.15) is 6.04 Å². The Morgan fingerprint density at radius 3 is 2.21 bits per heavy atom. The molecule has 2 fully saturated rings. The van der Waals surface area contributed by atoms with Crippen molar-refractivity contribution in [3.8, 4) is 0 Å². The van der Waals surface area contributed by atoms with Crippen LogP contribution in [0, 0.1) is 10.8 Å². The van der Waals surface area contributed by atoms with Gasteiger partial charge in [-0.2, -0.15) is 0 Å². The van der Waals surface area contributed by atoms with Crippen molar-refractivity contribution in [2.75, 3.05) is 13.7 Å². The van der Waals surface area contributed by atoms with Gasteiger partial charge >= 0.3 is 5.97 Å². The number of ether oxygens (including phenoxy) is 1. The van der Waals surface area contributed by atoms with Crippen LogP contribution in [-0.4, -0.2) is 48.6 Å². The van der Waals surface area contributed by atoms with Crippen molar-refractivity contribution in [3.05, 3.63) is 0 Å². The van der Waals surface area contributed by atoms with Crippen molar-refractivity contribution in [2.24, 2.45) is 10.8 Å². The van der Waals surface area contributed by atoms with Crippen LogP contribution in [0.1, 0.15) is 66.7 Å². The van der Waals surface area contributed by atoms with Gasteiger partial charge in [-0.25, -0.2) is 0 Å². The molecule has 0 aromatic heterocycles. The van der Waals surface area contributed by atoms with E-state index in [-0.39, 0.29) is 30.0 Å². The molecule has 0 spiro atoms. The van der Waals surface area contributed by atoms with Crippen molar-refractivity contribution >= 4 is 11.9 Å². The van der Waals surface area contributed by atoms with Crippen molar-refractivity contribution in [3.63, 3.8) is 0 Å². The van der Waals surface area contributed by atoms with Crippen molar-refractivity contribution in [1.29, 1.82) is 0 Å². The molecule has 1 amide bonds. The van der Waals surface area contributed by atoms with Gasteiger partial charge in [-0.3, -0.25) is 9.59 Å². The lowest BCUT2D eigenvalue weighted by molar-refractivity contribution is -0.147. The summed E-state index contributed by atoms with van der Waals surface area (Å²) in [5.74, 6) is -0.0324. The maximum absolute atomic E-state index is 13.1. The van der Waals surface area contributed by atoms with Gasteiger partial charge in [-0.1, -0.05) is 34.6 Å². The molecule has 2 aliphatic rings. The minimum atomic E-state index is -0.406. The molecule has 1 aliphatic carbocycles. The largest absolute Gasteiger partial charge is 0.468 e. The van der Waals surface area contributed by atoms with E-state index in [1.165, 1.54) is 7.11 Å². The molecule has 1 heterocycles. The minimum Gasteiger partial charge on any atom is -0.468 e. The Labute approximate surface area is 146 Å². The Kier molecular flexibility index (Phi) is 5.63. The van der Waals surface area contributed by atoms with Crippen LogP contribution >= 0.6 is 0 Å². The summed E-state index contributed by atoms with van der Waals surface area (Å²) in [6.07, 6.45) is 5.04. The highest BCUT2D eigenvalue weighted by Gasteiger charge is 2.43. The third kappa shape index (κ3) is 4.29. The van der Waals surface area contributed by atoms with Gasteiger partial charge in [-0.05, 0) is 37.5 Å². The first-order valence-electron chi connectivity index (χ1n) is 9.19. The second kappa shape index (κ2) is 7.03. The predicted molar refractivity (Wildman–Crippen MR) is 94.5 cm³/mol. The summed E-state index contributed by atoms with van der Waals surface area (Å²) >= 11 is 0. The van der Waals surface area contributed by atoms with E-state index in [2.05, 4.69) is 24.1 Å². The Morgan fingerprint density at radius 1 is 1.12 bits per heavy atom. The van der Waals surface area contributed by atoms with Crippen LogP contribution in [0.5, 0.6) is 0 Å². The SMILES string of the molecule is COC(=O)C1CC(N(C(=O)C(C)(C)C)C2CCC(C)(C)CC2)CN1. The summed E-state index contributed by atoms with van der Waals surface area (Å²) < 4.78 is 4.86. The molecule has 1 N–H and O–H groups in total. The smallest absolute Gasteiger partial charge is 0.322 e. The normalized spacial score (nSPS) is 27.8. The maximum atomic E-state index is 13.1. The molecule has 1 aliphatic heterocycles. The fourth-order valence-corrected chi connectivity index (χ4v) is 3.93. The number of methoxy groups -OCH3 is 1. The number of amides is 1. The lowest BCUT2D eigenvalue weighted by Crippen LogP contribution is -2.53. The van der Waals surface area contributed by atoms with E-state index >= 15 is 0 Å². The van der Waals surface area contributed by atoms with Crippen molar-refractivity contribution in [1.82, 2.24) is 10.2 Å². The Balaban J connectivity index is 2.16. The number of nitrogens with zero attached hydrogens (tertiary/aromatic N) is 1. The fourth-order valence-electron chi connectivity index (χ4n) is 3.93. The standard InChI is InChI=1S/C19H34N2O3/c1-18(2,3)17(23)21(13-7-9-19(4,5)10-8-13)14-11-15(20-12-14)16(22)24-6/h13-15,20H,7-12H2,1-6H3. The predicted octanol–water partition coefficient (Wildman–Crippen LogP) is 2.73. The molecule has 1 saturated carbocycles. The summed E-state index contributed by atoms with van der Waals surface area (Å²) in [6.45, 7) is 11.2. The molecule has 0 bridgehead atoms. The van der Waals surface area contributed by atoms with E-state index in [4.69, 9.17) is 4.74 Å². The Morgan fingerprint density at radius 2 is 1.71 bits per heavy atom. The van der Waals surface area contributed by atoms with Crippen LogP contribution in [0.2, 0.25) is 0 Å². The third-order valence-corrected chi connectivity index (χ3v) is 5.56. The summed E-state index contributed by atoms with van der Waals surface area (Å²) in [4.78, 5) is 27.1. The Bertz CT molecular complexity index is 471. The molecule has 0 aromatic rings. The van der Waals surface area contributed by atoms with E-state index < -0.39 is 5.41 Å². The van der Waals surface area contributed by atoms with Gasteiger partial charge in [0.25, 0.3) is 0 Å². The van der Waals surface area contributed by atoms with Crippen molar-refractivity contribution < 1.29 is 14.3 Å². The van der Waals surface area contributed by atoms with Gasteiger partial charge in [-0.15, -0.1) is 0 Å². The number of nitrogens with one attached hydrogen (secondary N) is 1. The summed E-state index contributed by atoms with van der Waals surface area (Å²) in [5, 5.41) is 3.23. The van der Waals surface area contributed by atoms with Gasteiger partial charge in [0.05, 0.1) is 7.11 Å². The van der Waals surface area contributed by atoms with Crippen LogP contribution < -0.4 is 5.32 Å². The molecule has 1 saturated heterocycles. The number of esters is 1. The van der Waals surface area contributed by atoms with Crippen LogP contribution in [0.4, 0.5) is 0 Å². The second-order valence-electron chi connectivity index (χ2n) is 9.23. The first kappa shape index (κ1) is 19.2. The zero-order valence-electron chi connectivity index (χ0n) is 16.1. The van der Waals surface area contributed by atoms with E-state index in [1.807, 2.05) is 20.8 Å². The lowest BCUT2D eigenvalue weighted by atomic mass is 9.74. The van der Waals surface area contributed by atoms with E-state index in [9.17, 15) is 9.59 Å². The maximum Gasteiger partial charge on any atom is 0.322 e. The van der Waals surface area contributed by atoms with Gasteiger partial charge in [0.15, 0.2) is 0 Å². The first-order valence-corrected chi connectivity index (χ1v) is 9.19. The summed E-state index contributed by atoms with van der Waals surface area (Å²) in [7, 11) is 1.42. The minimum absolute atomic E-state index is 0.0760. The number of hydrogen-bond donors (Lipinski definition) is 1. The first-order chi connectivity index (χ1) is 11.0. The molecule has 2 atom stereocenters. The average Bonchev–Trinajstić information content (AvgIpc) is 2.97. The van der Waals surface area contributed by atoms with Crippen LogP contribution in [0.3, 0.4) is 0 Å². The van der Waals surface area contributed by atoms with E-state index in [0.717, 1.165) is 25.7 Å². The van der Waals surface area contributed by atoms with Gasteiger partial charge < -0.3 is 15.0 Å². The van der Waals surface area contributed by atoms with Crippen LogP contribution in [-0.2, 0) is 14.3 Å². The van der Waals surface area contributed by atoms with Crippen molar-refractivity contribution in [2.45, 2.75) is 84.8 Å². The Hall–Kier alpha value is -1.10. The van der Waals surface area contributed by atoms with E-state index in [0.29, 0.717) is 18.4 Å². The highest BCUT2D eigenvalue weighted by atomic mass is 16.5. The molecular formula is C19H34N2O3. The average molecular weight is 338 g/mol. The highest BCUT2D eigenvalue weighted by molar-refractivity contribution is 5.82. The van der Waals surface area contributed by atoms with E-state index in [1.54, 1.807) is 0 Å². The topological polar surface area (TPSA) is 58.6 Å². The molecule has 0 radical (unpaired) electrons. The summed E-state index contributed by atoms with van der Waals surface area (Å²) in [5.41, 5.74) is -0.0360. The fraction of sp³-hybridized carbons (Fsp3) is 0.895. The zero-order chi connectivity index (χ0) is 18.1. The number of rotatable bonds is 3. The zero-order valence-corrected chi connectivity index (χ0v) is 16.1. The lowest BCUT2D eigenvalue weighted by Gasteiger charge is -2.44.